The fourth-order valence-corrected chi connectivity index (χ4v) is 4.65. The lowest BCUT2D eigenvalue weighted by Crippen LogP contribution is -2.12. The molecule has 5 rings (SSSR count). The lowest BCUT2D eigenvalue weighted by atomic mass is 10.0. The number of anilines is 1. The van der Waals surface area contributed by atoms with Gasteiger partial charge in [-0.05, 0) is 78.4 Å². The number of amides is 1. The molecule has 0 spiro atoms. The van der Waals surface area contributed by atoms with Crippen molar-refractivity contribution in [2.45, 2.75) is 0 Å². The molecular formula is C28H19Cl3N4O2. The summed E-state index contributed by atoms with van der Waals surface area (Å²) in [7, 11) is 1.58. The summed E-state index contributed by atoms with van der Waals surface area (Å²) in [4.78, 5) is 16.8. The van der Waals surface area contributed by atoms with Crippen LogP contribution in [0.3, 0.4) is 0 Å². The molecule has 1 amide bonds. The number of carbonyl (C=O) groups excluding carboxylic acids is 1. The summed E-state index contributed by atoms with van der Waals surface area (Å²) in [5, 5.41) is 9.00. The Morgan fingerprint density at radius 2 is 1.57 bits per heavy atom. The third-order valence-corrected chi connectivity index (χ3v) is 6.38. The molecule has 2 heterocycles. The van der Waals surface area contributed by atoms with E-state index in [2.05, 4.69) is 10.3 Å². The van der Waals surface area contributed by atoms with Crippen LogP contribution in [0.5, 0.6) is 5.75 Å². The summed E-state index contributed by atoms with van der Waals surface area (Å²) in [5.41, 5.74) is 5.29. The monoisotopic (exact) mass is 548 g/mol. The minimum atomic E-state index is -0.310. The zero-order chi connectivity index (χ0) is 25.9. The van der Waals surface area contributed by atoms with Crippen molar-refractivity contribution in [3.63, 3.8) is 0 Å². The molecule has 1 N–H and O–H groups in total. The lowest BCUT2D eigenvalue weighted by Gasteiger charge is -2.08. The maximum atomic E-state index is 12.6. The highest BCUT2D eigenvalue weighted by Crippen LogP contribution is 2.35. The van der Waals surface area contributed by atoms with Crippen molar-refractivity contribution >= 4 is 46.4 Å². The minimum absolute atomic E-state index is 0.310. The van der Waals surface area contributed by atoms with E-state index in [1.807, 2.05) is 48.7 Å². The predicted molar refractivity (Wildman–Crippen MR) is 148 cm³/mol. The van der Waals surface area contributed by atoms with Crippen LogP contribution >= 0.6 is 34.8 Å². The Labute approximate surface area is 228 Å². The van der Waals surface area contributed by atoms with E-state index in [0.717, 1.165) is 28.1 Å². The Morgan fingerprint density at radius 1 is 0.865 bits per heavy atom. The first-order chi connectivity index (χ1) is 17.9. The molecule has 6 nitrogen and oxygen atoms in total. The standard InChI is InChI=1S/C28H19Cl3N4O2/c1-37-26-7-2-18(14-25(26)31)27-24(17-8-10-32-11-9-17)16-35(34-27)23-5-3-22(4-6-23)33-28(36)19-12-20(29)15-21(30)13-19/h2-16H,1H3,(H,33,36). The van der Waals surface area contributed by atoms with Gasteiger partial charge in [-0.1, -0.05) is 34.8 Å². The maximum absolute atomic E-state index is 12.6. The van der Waals surface area contributed by atoms with E-state index < -0.39 is 0 Å². The average molecular weight is 550 g/mol. The zero-order valence-corrected chi connectivity index (χ0v) is 21.7. The Kier molecular flexibility index (Phi) is 7.15. The molecule has 9 heteroatoms. The van der Waals surface area contributed by atoms with Gasteiger partial charge in [-0.25, -0.2) is 4.68 Å². The molecule has 0 aliphatic rings. The van der Waals surface area contributed by atoms with Gasteiger partial charge in [-0.2, -0.15) is 5.10 Å². The fraction of sp³-hybridized carbons (Fsp3) is 0.0357. The first-order valence-corrected chi connectivity index (χ1v) is 12.3. The Morgan fingerprint density at radius 3 is 2.22 bits per heavy atom. The largest absolute Gasteiger partial charge is 0.495 e. The highest BCUT2D eigenvalue weighted by molar-refractivity contribution is 6.35. The van der Waals surface area contributed by atoms with E-state index in [1.54, 1.807) is 54.5 Å². The Balaban J connectivity index is 1.46. The zero-order valence-electron chi connectivity index (χ0n) is 19.5. The normalized spacial score (nSPS) is 10.8. The third kappa shape index (κ3) is 5.47. The molecule has 0 aliphatic heterocycles. The van der Waals surface area contributed by atoms with Crippen LogP contribution in [0.25, 0.3) is 28.1 Å². The summed E-state index contributed by atoms with van der Waals surface area (Å²) in [6.07, 6.45) is 5.43. The molecule has 0 fully saturated rings. The number of carbonyl (C=O) groups is 1. The van der Waals surface area contributed by atoms with Gasteiger partial charge in [0.1, 0.15) is 11.4 Å². The van der Waals surface area contributed by atoms with Gasteiger partial charge in [-0.3, -0.25) is 9.78 Å². The van der Waals surface area contributed by atoms with Crippen LogP contribution in [0, 0.1) is 0 Å². The van der Waals surface area contributed by atoms with Crippen LogP contribution < -0.4 is 10.1 Å². The first-order valence-electron chi connectivity index (χ1n) is 11.1. The maximum Gasteiger partial charge on any atom is 0.255 e. The molecule has 5 aromatic rings. The van der Waals surface area contributed by atoms with Gasteiger partial charge in [0.05, 0.1) is 17.8 Å². The highest BCUT2D eigenvalue weighted by atomic mass is 35.5. The second kappa shape index (κ2) is 10.6. The summed E-state index contributed by atoms with van der Waals surface area (Å²) in [6.45, 7) is 0. The molecular weight excluding hydrogens is 531 g/mol. The molecule has 0 saturated heterocycles. The fourth-order valence-electron chi connectivity index (χ4n) is 3.86. The van der Waals surface area contributed by atoms with Gasteiger partial charge in [0.15, 0.2) is 0 Å². The van der Waals surface area contributed by atoms with Gasteiger partial charge in [0.2, 0.25) is 0 Å². The van der Waals surface area contributed by atoms with Gasteiger partial charge in [0, 0.05) is 51.0 Å². The molecule has 0 atom stereocenters. The van der Waals surface area contributed by atoms with Gasteiger partial charge < -0.3 is 10.1 Å². The molecule has 0 aliphatic carbocycles. The smallest absolute Gasteiger partial charge is 0.255 e. The number of pyridine rings is 1. The van der Waals surface area contributed by atoms with Crippen molar-refractivity contribution in [1.82, 2.24) is 14.8 Å². The second-order valence-corrected chi connectivity index (χ2v) is 9.36. The van der Waals surface area contributed by atoms with Crippen molar-refractivity contribution in [2.24, 2.45) is 0 Å². The van der Waals surface area contributed by atoms with E-state index in [9.17, 15) is 4.79 Å². The van der Waals surface area contributed by atoms with E-state index in [4.69, 9.17) is 44.6 Å². The Bertz CT molecular complexity index is 1570. The number of rotatable bonds is 6. The van der Waals surface area contributed by atoms with Gasteiger partial charge >= 0.3 is 0 Å². The molecule has 0 saturated carbocycles. The highest BCUT2D eigenvalue weighted by Gasteiger charge is 2.16. The summed E-state index contributed by atoms with van der Waals surface area (Å²) < 4.78 is 7.08. The number of halogens is 3. The molecule has 2 aromatic heterocycles. The number of hydrogen-bond acceptors (Lipinski definition) is 4. The van der Waals surface area contributed by atoms with E-state index in [-0.39, 0.29) is 5.91 Å². The SMILES string of the molecule is COc1ccc(-c2nn(-c3ccc(NC(=O)c4cc(Cl)cc(Cl)c4)cc3)cc2-c2ccncc2)cc1Cl. The molecule has 0 bridgehead atoms. The van der Waals surface area contributed by atoms with Gasteiger partial charge in [0.25, 0.3) is 5.91 Å². The third-order valence-electron chi connectivity index (χ3n) is 5.65. The molecule has 0 radical (unpaired) electrons. The van der Waals surface area contributed by atoms with E-state index in [1.165, 1.54) is 0 Å². The molecule has 37 heavy (non-hydrogen) atoms. The van der Waals surface area contributed by atoms with Gasteiger partial charge in [-0.15, -0.1) is 0 Å². The number of hydrogen-bond donors (Lipinski definition) is 1. The first kappa shape index (κ1) is 24.8. The van der Waals surface area contributed by atoms with Crippen molar-refractivity contribution in [3.8, 4) is 33.8 Å². The van der Waals surface area contributed by atoms with Crippen molar-refractivity contribution in [1.29, 1.82) is 0 Å². The van der Waals surface area contributed by atoms with Crippen molar-refractivity contribution < 1.29 is 9.53 Å². The number of nitrogens with one attached hydrogen (secondary N) is 1. The van der Waals surface area contributed by atoms with Crippen LogP contribution in [-0.2, 0) is 0 Å². The number of nitrogens with zero attached hydrogens (tertiary/aromatic N) is 3. The quantitative estimate of drug-likeness (QED) is 0.234. The summed E-state index contributed by atoms with van der Waals surface area (Å²) >= 11 is 18.4. The molecule has 0 unspecified atom stereocenters. The summed E-state index contributed by atoms with van der Waals surface area (Å²) in [5.74, 6) is 0.280. The number of benzene rings is 3. The summed E-state index contributed by atoms with van der Waals surface area (Å²) in [6, 6.07) is 21.5. The number of methoxy groups -OCH3 is 1. The topological polar surface area (TPSA) is 69.0 Å². The number of ether oxygens (including phenoxy) is 1. The lowest BCUT2D eigenvalue weighted by molar-refractivity contribution is 0.102. The number of aromatic nitrogens is 3. The van der Waals surface area contributed by atoms with Crippen LogP contribution in [0.15, 0.2) is 91.4 Å². The second-order valence-electron chi connectivity index (χ2n) is 8.08. The van der Waals surface area contributed by atoms with E-state index >= 15 is 0 Å². The van der Waals surface area contributed by atoms with Crippen LogP contribution in [0.1, 0.15) is 10.4 Å². The van der Waals surface area contributed by atoms with Crippen molar-refractivity contribution in [2.75, 3.05) is 12.4 Å². The Hall–Kier alpha value is -3.84. The molecule has 3 aromatic carbocycles. The van der Waals surface area contributed by atoms with Crippen LogP contribution in [0.4, 0.5) is 5.69 Å². The predicted octanol–water partition coefficient (Wildman–Crippen LogP) is 7.82. The minimum Gasteiger partial charge on any atom is -0.495 e. The van der Waals surface area contributed by atoms with Crippen molar-refractivity contribution in [3.05, 3.63) is 112 Å². The van der Waals surface area contributed by atoms with Crippen LogP contribution in [0.2, 0.25) is 15.1 Å². The molecule has 184 valence electrons. The van der Waals surface area contributed by atoms with E-state index in [0.29, 0.717) is 32.1 Å². The van der Waals surface area contributed by atoms with Crippen LogP contribution in [-0.4, -0.2) is 27.8 Å². The average Bonchev–Trinajstić information content (AvgIpc) is 3.34.